The quantitative estimate of drug-likeness (QED) is 0.891. The number of nitrogens with zero attached hydrogens (tertiary/aromatic N) is 2. The van der Waals surface area contributed by atoms with Crippen LogP contribution in [0.3, 0.4) is 0 Å². The second-order valence-corrected chi connectivity index (χ2v) is 4.96. The molecule has 1 heterocycles. The lowest BCUT2D eigenvalue weighted by molar-refractivity contribution is 0.0949. The summed E-state index contributed by atoms with van der Waals surface area (Å²) in [7, 11) is 0. The number of amides is 1. The highest BCUT2D eigenvalue weighted by Gasteiger charge is 2.13. The maximum Gasteiger partial charge on any atom is 0.256 e. The van der Waals surface area contributed by atoms with Crippen LogP contribution in [0.15, 0.2) is 36.5 Å². The number of benzene rings is 1. The number of rotatable bonds is 4. The molecule has 1 aromatic carbocycles. The Kier molecular flexibility index (Phi) is 4.30. The Balaban J connectivity index is 2.20. The summed E-state index contributed by atoms with van der Waals surface area (Å²) in [5.74, 6) is 0.851. The number of nitrogens with two attached hydrogens (primary N) is 1. The van der Waals surface area contributed by atoms with Gasteiger partial charge in [-0.25, -0.2) is 9.97 Å². The van der Waals surface area contributed by atoms with E-state index >= 15 is 0 Å². The van der Waals surface area contributed by atoms with Gasteiger partial charge in [-0.05, 0) is 5.92 Å². The van der Waals surface area contributed by atoms with Crippen LogP contribution in [0.5, 0.6) is 0 Å². The molecule has 20 heavy (non-hydrogen) atoms. The van der Waals surface area contributed by atoms with Gasteiger partial charge in [0, 0.05) is 18.3 Å². The maximum absolute atomic E-state index is 11.9. The summed E-state index contributed by atoms with van der Waals surface area (Å²) in [6.07, 6.45) is 1.47. The molecule has 0 aliphatic rings. The topological polar surface area (TPSA) is 80.9 Å². The van der Waals surface area contributed by atoms with Crippen molar-refractivity contribution < 1.29 is 4.79 Å². The second-order valence-electron chi connectivity index (χ2n) is 4.96. The van der Waals surface area contributed by atoms with Gasteiger partial charge in [0.25, 0.3) is 5.91 Å². The molecular formula is C15H18N4O. The Morgan fingerprint density at radius 1 is 1.30 bits per heavy atom. The zero-order chi connectivity index (χ0) is 14.5. The van der Waals surface area contributed by atoms with Gasteiger partial charge in [-0.1, -0.05) is 44.2 Å². The molecule has 0 radical (unpaired) electrons. The molecule has 0 bridgehead atoms. The van der Waals surface area contributed by atoms with Crippen LogP contribution in [-0.4, -0.2) is 22.4 Å². The molecular weight excluding hydrogens is 252 g/mol. The Morgan fingerprint density at radius 2 is 2.00 bits per heavy atom. The van der Waals surface area contributed by atoms with Gasteiger partial charge in [0.05, 0.1) is 5.56 Å². The maximum atomic E-state index is 11.9. The molecule has 0 saturated heterocycles. The fourth-order valence-electron chi connectivity index (χ4n) is 1.69. The Morgan fingerprint density at radius 3 is 2.60 bits per heavy atom. The van der Waals surface area contributed by atoms with Crippen LogP contribution in [0.1, 0.15) is 24.2 Å². The third kappa shape index (κ3) is 3.32. The molecule has 0 atom stereocenters. The monoisotopic (exact) mass is 270 g/mol. The lowest BCUT2D eigenvalue weighted by Gasteiger charge is -2.09. The molecule has 2 rings (SSSR count). The van der Waals surface area contributed by atoms with Gasteiger partial charge in [0.1, 0.15) is 5.82 Å². The Labute approximate surface area is 118 Å². The summed E-state index contributed by atoms with van der Waals surface area (Å²) in [6, 6.07) is 9.51. The highest BCUT2D eigenvalue weighted by molar-refractivity contribution is 5.98. The van der Waals surface area contributed by atoms with Crippen molar-refractivity contribution in [2.75, 3.05) is 12.3 Å². The van der Waals surface area contributed by atoms with Gasteiger partial charge >= 0.3 is 0 Å². The van der Waals surface area contributed by atoms with Crippen LogP contribution in [0, 0.1) is 5.92 Å². The van der Waals surface area contributed by atoms with Crippen LogP contribution in [0.4, 0.5) is 5.82 Å². The van der Waals surface area contributed by atoms with E-state index in [2.05, 4.69) is 15.3 Å². The van der Waals surface area contributed by atoms with Crippen molar-refractivity contribution in [3.05, 3.63) is 42.1 Å². The minimum atomic E-state index is -0.240. The zero-order valence-corrected chi connectivity index (χ0v) is 11.6. The fourth-order valence-corrected chi connectivity index (χ4v) is 1.69. The third-order valence-electron chi connectivity index (χ3n) is 2.77. The van der Waals surface area contributed by atoms with Crippen molar-refractivity contribution in [1.82, 2.24) is 15.3 Å². The van der Waals surface area contributed by atoms with Gasteiger partial charge in [0.2, 0.25) is 0 Å². The van der Waals surface area contributed by atoms with E-state index in [0.717, 1.165) is 5.56 Å². The average molecular weight is 270 g/mol. The Bertz CT molecular complexity index is 596. The number of nitrogen functional groups attached to an aromatic ring is 1. The van der Waals surface area contributed by atoms with Gasteiger partial charge in [0.15, 0.2) is 5.82 Å². The van der Waals surface area contributed by atoms with E-state index in [1.54, 1.807) is 0 Å². The predicted octanol–water partition coefficient (Wildman–Crippen LogP) is 2.11. The number of hydrogen-bond acceptors (Lipinski definition) is 4. The van der Waals surface area contributed by atoms with Crippen molar-refractivity contribution in [3.8, 4) is 11.4 Å². The number of nitrogens with one attached hydrogen (secondary N) is 1. The van der Waals surface area contributed by atoms with Crippen LogP contribution in [-0.2, 0) is 0 Å². The first kappa shape index (κ1) is 14.0. The number of anilines is 1. The van der Waals surface area contributed by atoms with E-state index in [-0.39, 0.29) is 11.7 Å². The van der Waals surface area contributed by atoms with E-state index in [4.69, 9.17) is 5.73 Å². The fraction of sp³-hybridized carbons (Fsp3) is 0.267. The van der Waals surface area contributed by atoms with Crippen molar-refractivity contribution >= 4 is 11.7 Å². The first-order chi connectivity index (χ1) is 9.58. The van der Waals surface area contributed by atoms with Gasteiger partial charge in [-0.15, -0.1) is 0 Å². The minimum Gasteiger partial charge on any atom is -0.383 e. The molecule has 5 heteroatoms. The van der Waals surface area contributed by atoms with Crippen LogP contribution in [0.2, 0.25) is 0 Å². The average Bonchev–Trinajstić information content (AvgIpc) is 2.45. The molecule has 0 spiro atoms. The first-order valence-electron chi connectivity index (χ1n) is 6.54. The highest BCUT2D eigenvalue weighted by Crippen LogP contribution is 2.17. The number of carbonyl (C=O) groups is 1. The zero-order valence-electron chi connectivity index (χ0n) is 11.6. The smallest absolute Gasteiger partial charge is 0.256 e. The highest BCUT2D eigenvalue weighted by atomic mass is 16.1. The van der Waals surface area contributed by atoms with E-state index in [1.807, 2.05) is 44.2 Å². The van der Waals surface area contributed by atoms with Crippen molar-refractivity contribution in [2.45, 2.75) is 13.8 Å². The standard InChI is InChI=1S/C15H18N4O/c1-10(2)8-18-15(20)12-9-17-14(19-13(12)16)11-6-4-3-5-7-11/h3-7,9-10H,8H2,1-2H3,(H,18,20)(H2,16,17,19). The molecule has 1 amide bonds. The molecule has 0 fully saturated rings. The van der Waals surface area contributed by atoms with Crippen LogP contribution < -0.4 is 11.1 Å². The first-order valence-corrected chi connectivity index (χ1v) is 6.54. The van der Waals surface area contributed by atoms with Crippen LogP contribution in [0.25, 0.3) is 11.4 Å². The van der Waals surface area contributed by atoms with Crippen molar-refractivity contribution in [3.63, 3.8) is 0 Å². The number of aromatic nitrogens is 2. The third-order valence-corrected chi connectivity index (χ3v) is 2.77. The molecule has 3 N–H and O–H groups in total. The lowest BCUT2D eigenvalue weighted by Crippen LogP contribution is -2.28. The summed E-state index contributed by atoms with van der Waals surface area (Å²) in [4.78, 5) is 20.4. The molecule has 0 aliphatic carbocycles. The Hall–Kier alpha value is -2.43. The molecule has 0 aliphatic heterocycles. The summed E-state index contributed by atoms with van der Waals surface area (Å²) in [5.41, 5.74) is 7.03. The molecule has 0 unspecified atom stereocenters. The van der Waals surface area contributed by atoms with Crippen molar-refractivity contribution in [1.29, 1.82) is 0 Å². The number of hydrogen-bond donors (Lipinski definition) is 2. The molecule has 2 aromatic rings. The van der Waals surface area contributed by atoms with E-state index < -0.39 is 0 Å². The predicted molar refractivity (Wildman–Crippen MR) is 79.1 cm³/mol. The molecule has 0 saturated carbocycles. The summed E-state index contributed by atoms with van der Waals surface area (Å²) in [5, 5.41) is 2.80. The van der Waals surface area contributed by atoms with E-state index in [1.165, 1.54) is 6.20 Å². The summed E-state index contributed by atoms with van der Waals surface area (Å²) < 4.78 is 0. The second kappa shape index (κ2) is 6.14. The SMILES string of the molecule is CC(C)CNC(=O)c1cnc(-c2ccccc2)nc1N. The number of carbonyl (C=O) groups excluding carboxylic acids is 1. The largest absolute Gasteiger partial charge is 0.383 e. The summed E-state index contributed by atoms with van der Waals surface area (Å²) >= 11 is 0. The van der Waals surface area contributed by atoms with E-state index in [0.29, 0.717) is 23.9 Å². The lowest BCUT2D eigenvalue weighted by atomic mass is 10.2. The molecule has 104 valence electrons. The van der Waals surface area contributed by atoms with Gasteiger partial charge in [-0.2, -0.15) is 0 Å². The summed E-state index contributed by atoms with van der Waals surface area (Å²) in [6.45, 7) is 4.65. The minimum absolute atomic E-state index is 0.195. The van der Waals surface area contributed by atoms with Crippen LogP contribution >= 0.6 is 0 Å². The molecule has 5 nitrogen and oxygen atoms in total. The van der Waals surface area contributed by atoms with Gasteiger partial charge in [-0.3, -0.25) is 4.79 Å². The normalized spacial score (nSPS) is 10.6. The van der Waals surface area contributed by atoms with E-state index in [9.17, 15) is 4.79 Å². The van der Waals surface area contributed by atoms with Crippen molar-refractivity contribution in [2.24, 2.45) is 5.92 Å². The van der Waals surface area contributed by atoms with Gasteiger partial charge < -0.3 is 11.1 Å². The molecule has 1 aromatic heterocycles.